The van der Waals surface area contributed by atoms with E-state index in [4.69, 9.17) is 13.9 Å². The second-order valence-corrected chi connectivity index (χ2v) is 4.76. The first kappa shape index (κ1) is 14.0. The molecule has 2 rings (SSSR count). The van der Waals surface area contributed by atoms with E-state index in [1.807, 2.05) is 37.4 Å². The van der Waals surface area contributed by atoms with Gasteiger partial charge in [0.15, 0.2) is 16.2 Å². The molecule has 1 aromatic heterocycles. The first-order valence-corrected chi connectivity index (χ1v) is 6.63. The van der Waals surface area contributed by atoms with Gasteiger partial charge in [-0.3, -0.25) is 0 Å². The van der Waals surface area contributed by atoms with E-state index in [9.17, 15) is 0 Å². The van der Waals surface area contributed by atoms with E-state index in [1.54, 1.807) is 14.2 Å². The molecule has 0 aliphatic carbocycles. The molecule has 1 unspecified atom stereocenters. The van der Waals surface area contributed by atoms with Gasteiger partial charge in [-0.05, 0) is 52.8 Å². The van der Waals surface area contributed by atoms with Crippen LogP contribution < -0.4 is 14.8 Å². The van der Waals surface area contributed by atoms with Crippen LogP contribution in [-0.4, -0.2) is 21.3 Å². The molecule has 19 heavy (non-hydrogen) atoms. The van der Waals surface area contributed by atoms with Crippen molar-refractivity contribution < 1.29 is 13.9 Å². The molecule has 0 bridgehead atoms. The van der Waals surface area contributed by atoms with Gasteiger partial charge in [-0.1, -0.05) is 6.07 Å². The SMILES string of the molecule is CNC(c1ccc(OC)c(OC)c1)c1ccc(Br)o1. The summed E-state index contributed by atoms with van der Waals surface area (Å²) in [6, 6.07) is 9.58. The second kappa shape index (κ2) is 6.12. The Bertz CT molecular complexity index is 553. The van der Waals surface area contributed by atoms with Crippen molar-refractivity contribution in [3.63, 3.8) is 0 Å². The standard InChI is InChI=1S/C14H16BrNO3/c1-16-14(11-6-7-13(15)19-11)9-4-5-10(17-2)12(8-9)18-3/h4-8,14,16H,1-3H3. The second-order valence-electron chi connectivity index (χ2n) is 3.98. The predicted octanol–water partition coefficient (Wildman–Crippen LogP) is 3.37. The molecule has 0 radical (unpaired) electrons. The van der Waals surface area contributed by atoms with Crippen molar-refractivity contribution in [3.05, 3.63) is 46.3 Å². The Morgan fingerprint density at radius 1 is 1.11 bits per heavy atom. The number of rotatable bonds is 5. The van der Waals surface area contributed by atoms with Gasteiger partial charge in [-0.2, -0.15) is 0 Å². The Kier molecular flexibility index (Phi) is 4.50. The number of nitrogens with one attached hydrogen (secondary N) is 1. The van der Waals surface area contributed by atoms with E-state index >= 15 is 0 Å². The smallest absolute Gasteiger partial charge is 0.169 e. The number of halogens is 1. The largest absolute Gasteiger partial charge is 0.493 e. The Balaban J connectivity index is 2.38. The van der Waals surface area contributed by atoms with Crippen molar-refractivity contribution in [1.82, 2.24) is 5.32 Å². The lowest BCUT2D eigenvalue weighted by Crippen LogP contribution is -2.17. The van der Waals surface area contributed by atoms with Crippen molar-refractivity contribution in [2.45, 2.75) is 6.04 Å². The van der Waals surface area contributed by atoms with Gasteiger partial charge < -0.3 is 19.2 Å². The maximum absolute atomic E-state index is 5.60. The third-order valence-corrected chi connectivity index (χ3v) is 3.33. The minimum Gasteiger partial charge on any atom is -0.493 e. The molecule has 4 nitrogen and oxygen atoms in total. The number of methoxy groups -OCH3 is 2. The van der Waals surface area contributed by atoms with Crippen molar-refractivity contribution >= 4 is 15.9 Å². The van der Waals surface area contributed by atoms with Crippen LogP contribution in [0.25, 0.3) is 0 Å². The summed E-state index contributed by atoms with van der Waals surface area (Å²) in [7, 11) is 5.13. The van der Waals surface area contributed by atoms with Gasteiger partial charge in [0.2, 0.25) is 0 Å². The summed E-state index contributed by atoms with van der Waals surface area (Å²) in [5, 5.41) is 3.23. The van der Waals surface area contributed by atoms with E-state index in [0.29, 0.717) is 16.2 Å². The summed E-state index contributed by atoms with van der Waals surface area (Å²) in [6.07, 6.45) is 0. The van der Waals surface area contributed by atoms with Crippen LogP contribution in [0.4, 0.5) is 0 Å². The molecular weight excluding hydrogens is 310 g/mol. The molecular formula is C14H16BrNO3. The third-order valence-electron chi connectivity index (χ3n) is 2.91. The molecule has 1 atom stereocenters. The van der Waals surface area contributed by atoms with Crippen molar-refractivity contribution in [1.29, 1.82) is 0 Å². The first-order chi connectivity index (χ1) is 9.19. The molecule has 1 heterocycles. The molecule has 0 aliphatic heterocycles. The number of ether oxygens (including phenoxy) is 2. The molecule has 0 saturated heterocycles. The van der Waals surface area contributed by atoms with Gasteiger partial charge in [-0.25, -0.2) is 0 Å². The third kappa shape index (κ3) is 2.93. The van der Waals surface area contributed by atoms with Crippen molar-refractivity contribution in [2.24, 2.45) is 0 Å². The Morgan fingerprint density at radius 3 is 2.37 bits per heavy atom. The Hall–Kier alpha value is -1.46. The monoisotopic (exact) mass is 325 g/mol. The van der Waals surface area contributed by atoms with E-state index in [0.717, 1.165) is 11.3 Å². The lowest BCUT2D eigenvalue weighted by atomic mass is 10.0. The highest BCUT2D eigenvalue weighted by Crippen LogP contribution is 2.33. The summed E-state index contributed by atoms with van der Waals surface area (Å²) in [5.74, 6) is 2.24. The molecule has 1 N–H and O–H groups in total. The predicted molar refractivity (Wildman–Crippen MR) is 76.9 cm³/mol. The van der Waals surface area contributed by atoms with E-state index in [-0.39, 0.29) is 6.04 Å². The average molecular weight is 326 g/mol. The van der Waals surface area contributed by atoms with E-state index in [2.05, 4.69) is 21.2 Å². The van der Waals surface area contributed by atoms with Crippen LogP contribution in [0, 0.1) is 0 Å². The van der Waals surface area contributed by atoms with Gasteiger partial charge in [0.25, 0.3) is 0 Å². The fraction of sp³-hybridized carbons (Fsp3) is 0.286. The molecule has 2 aromatic rings. The topological polar surface area (TPSA) is 43.6 Å². The van der Waals surface area contributed by atoms with E-state index in [1.165, 1.54) is 0 Å². The summed E-state index contributed by atoms with van der Waals surface area (Å²) in [6.45, 7) is 0. The highest BCUT2D eigenvalue weighted by molar-refractivity contribution is 9.10. The molecule has 1 aromatic carbocycles. The normalized spacial score (nSPS) is 12.2. The summed E-state index contributed by atoms with van der Waals surface area (Å²) in [5.41, 5.74) is 1.04. The minimum atomic E-state index is -0.0360. The van der Waals surface area contributed by atoms with Crippen LogP contribution in [0.1, 0.15) is 17.4 Å². The molecule has 0 amide bonds. The molecule has 0 spiro atoms. The summed E-state index contributed by atoms with van der Waals surface area (Å²) >= 11 is 3.31. The zero-order chi connectivity index (χ0) is 13.8. The Labute approximate surface area is 120 Å². The number of hydrogen-bond acceptors (Lipinski definition) is 4. The molecule has 5 heteroatoms. The van der Waals surface area contributed by atoms with Crippen molar-refractivity contribution in [3.8, 4) is 11.5 Å². The van der Waals surface area contributed by atoms with Crippen molar-refractivity contribution in [2.75, 3.05) is 21.3 Å². The quantitative estimate of drug-likeness (QED) is 0.915. The van der Waals surface area contributed by atoms with Gasteiger partial charge in [0.1, 0.15) is 5.76 Å². The first-order valence-electron chi connectivity index (χ1n) is 5.84. The van der Waals surface area contributed by atoms with Gasteiger partial charge in [0.05, 0.1) is 20.3 Å². The van der Waals surface area contributed by atoms with Crippen LogP contribution >= 0.6 is 15.9 Å². The summed E-state index contributed by atoms with van der Waals surface area (Å²) < 4.78 is 16.9. The highest BCUT2D eigenvalue weighted by atomic mass is 79.9. The average Bonchev–Trinajstić information content (AvgIpc) is 2.86. The van der Waals surface area contributed by atoms with Gasteiger partial charge in [0, 0.05) is 0 Å². The molecule has 0 aliphatic rings. The molecule has 0 fully saturated rings. The summed E-state index contributed by atoms with van der Waals surface area (Å²) in [4.78, 5) is 0. The fourth-order valence-electron chi connectivity index (χ4n) is 1.99. The number of furan rings is 1. The van der Waals surface area contributed by atoms with Crippen LogP contribution in [-0.2, 0) is 0 Å². The van der Waals surface area contributed by atoms with E-state index < -0.39 is 0 Å². The number of hydrogen-bond donors (Lipinski definition) is 1. The maximum Gasteiger partial charge on any atom is 0.169 e. The van der Waals surface area contributed by atoms with Crippen LogP contribution in [0.2, 0.25) is 0 Å². The van der Waals surface area contributed by atoms with Crippen LogP contribution in [0.15, 0.2) is 39.4 Å². The minimum absolute atomic E-state index is 0.0360. The van der Waals surface area contributed by atoms with Crippen LogP contribution in [0.5, 0.6) is 11.5 Å². The number of benzene rings is 1. The maximum atomic E-state index is 5.60. The lowest BCUT2D eigenvalue weighted by Gasteiger charge is -2.16. The zero-order valence-corrected chi connectivity index (χ0v) is 12.7. The highest BCUT2D eigenvalue weighted by Gasteiger charge is 2.17. The lowest BCUT2D eigenvalue weighted by molar-refractivity contribution is 0.353. The molecule has 0 saturated carbocycles. The Morgan fingerprint density at radius 2 is 1.84 bits per heavy atom. The molecule has 102 valence electrons. The van der Waals surface area contributed by atoms with Crippen LogP contribution in [0.3, 0.4) is 0 Å². The fourth-order valence-corrected chi connectivity index (χ4v) is 2.31. The van der Waals surface area contributed by atoms with Gasteiger partial charge in [-0.15, -0.1) is 0 Å². The zero-order valence-electron chi connectivity index (χ0n) is 11.1. The van der Waals surface area contributed by atoms with Gasteiger partial charge >= 0.3 is 0 Å².